The van der Waals surface area contributed by atoms with Crippen molar-refractivity contribution in [1.29, 1.82) is 0 Å². The van der Waals surface area contributed by atoms with Gasteiger partial charge in [0.05, 0.1) is 11.7 Å². The van der Waals surface area contributed by atoms with Crippen molar-refractivity contribution in [3.63, 3.8) is 0 Å². The molecule has 0 aliphatic rings. The minimum atomic E-state index is -0.0573. The van der Waals surface area contributed by atoms with Crippen LogP contribution < -0.4 is 5.32 Å². The second kappa shape index (κ2) is 7.56. The van der Waals surface area contributed by atoms with Crippen LogP contribution in [0.4, 0.5) is 5.82 Å². The molecular formula is C17H21N3O2. The number of carbonyl (C=O) groups excluding carboxylic acids is 1. The zero-order chi connectivity index (χ0) is 15.9. The number of ether oxygens (including phenoxy) is 1. The van der Waals surface area contributed by atoms with Crippen molar-refractivity contribution in [1.82, 2.24) is 9.88 Å². The number of hydrogen-bond donors (Lipinski definition) is 1. The van der Waals surface area contributed by atoms with Gasteiger partial charge in [0.2, 0.25) is 0 Å². The van der Waals surface area contributed by atoms with E-state index in [4.69, 9.17) is 4.74 Å². The highest BCUT2D eigenvalue weighted by molar-refractivity contribution is 5.93. The highest BCUT2D eigenvalue weighted by Crippen LogP contribution is 2.17. The molecular weight excluding hydrogens is 278 g/mol. The lowest BCUT2D eigenvalue weighted by Gasteiger charge is -2.17. The van der Waals surface area contributed by atoms with Crippen LogP contribution in [0.1, 0.15) is 22.0 Å². The average molecular weight is 299 g/mol. The number of rotatable bonds is 6. The Morgan fingerprint density at radius 1 is 1.23 bits per heavy atom. The minimum absolute atomic E-state index is 0.0499. The van der Waals surface area contributed by atoms with Crippen molar-refractivity contribution < 1.29 is 9.53 Å². The third-order valence-electron chi connectivity index (χ3n) is 3.34. The normalized spacial score (nSPS) is 11.8. The van der Waals surface area contributed by atoms with Crippen LogP contribution in [0.5, 0.6) is 0 Å². The Labute approximate surface area is 130 Å². The second-order valence-electron chi connectivity index (χ2n) is 5.15. The Morgan fingerprint density at radius 2 is 1.95 bits per heavy atom. The predicted molar refractivity (Wildman–Crippen MR) is 86.9 cm³/mol. The van der Waals surface area contributed by atoms with Crippen molar-refractivity contribution in [2.24, 2.45) is 0 Å². The van der Waals surface area contributed by atoms with E-state index in [-0.39, 0.29) is 12.0 Å². The number of benzene rings is 1. The SMILES string of the molecule is CO[C@H](CNc1ccc(C(=O)N(C)C)cn1)c1ccccc1. The molecule has 22 heavy (non-hydrogen) atoms. The Morgan fingerprint density at radius 3 is 2.50 bits per heavy atom. The molecule has 0 bridgehead atoms. The van der Waals surface area contributed by atoms with Crippen molar-refractivity contribution in [2.75, 3.05) is 33.1 Å². The molecule has 1 amide bonds. The summed E-state index contributed by atoms with van der Waals surface area (Å²) in [5, 5.41) is 3.23. The van der Waals surface area contributed by atoms with Crippen LogP contribution >= 0.6 is 0 Å². The molecule has 0 unspecified atom stereocenters. The van der Waals surface area contributed by atoms with Crippen molar-refractivity contribution in [3.8, 4) is 0 Å². The second-order valence-corrected chi connectivity index (χ2v) is 5.15. The van der Waals surface area contributed by atoms with Gasteiger partial charge in [0.25, 0.3) is 5.91 Å². The lowest BCUT2D eigenvalue weighted by Crippen LogP contribution is -2.22. The molecule has 5 nitrogen and oxygen atoms in total. The lowest BCUT2D eigenvalue weighted by atomic mass is 10.1. The maximum absolute atomic E-state index is 11.8. The van der Waals surface area contributed by atoms with E-state index < -0.39 is 0 Å². The summed E-state index contributed by atoms with van der Waals surface area (Å²) in [5.41, 5.74) is 1.68. The van der Waals surface area contributed by atoms with Crippen LogP contribution in [-0.2, 0) is 4.74 Å². The number of amides is 1. The third-order valence-corrected chi connectivity index (χ3v) is 3.34. The van der Waals surface area contributed by atoms with Crippen LogP contribution in [0.3, 0.4) is 0 Å². The number of nitrogens with one attached hydrogen (secondary N) is 1. The fourth-order valence-corrected chi connectivity index (χ4v) is 2.09. The van der Waals surface area contributed by atoms with Gasteiger partial charge in [-0.15, -0.1) is 0 Å². The Kier molecular flexibility index (Phi) is 5.49. The molecule has 1 aromatic carbocycles. The summed E-state index contributed by atoms with van der Waals surface area (Å²) in [5.74, 6) is 0.659. The van der Waals surface area contributed by atoms with Gasteiger partial charge in [0.15, 0.2) is 0 Å². The fourth-order valence-electron chi connectivity index (χ4n) is 2.09. The molecule has 116 valence electrons. The maximum atomic E-state index is 11.8. The third kappa shape index (κ3) is 4.05. The summed E-state index contributed by atoms with van der Waals surface area (Å²) < 4.78 is 5.50. The number of anilines is 1. The van der Waals surface area contributed by atoms with Gasteiger partial charge >= 0.3 is 0 Å². The first kappa shape index (κ1) is 16.0. The molecule has 1 aromatic heterocycles. The van der Waals surface area contributed by atoms with Gasteiger partial charge in [-0.3, -0.25) is 4.79 Å². The molecule has 1 N–H and O–H groups in total. The molecule has 5 heteroatoms. The summed E-state index contributed by atoms with van der Waals surface area (Å²) in [7, 11) is 5.13. The number of nitrogens with zero attached hydrogens (tertiary/aromatic N) is 2. The van der Waals surface area contributed by atoms with Gasteiger partial charge in [0.1, 0.15) is 5.82 Å². The Hall–Kier alpha value is -2.40. The van der Waals surface area contributed by atoms with Gasteiger partial charge in [-0.2, -0.15) is 0 Å². The zero-order valence-corrected chi connectivity index (χ0v) is 13.1. The molecule has 1 heterocycles. The highest BCUT2D eigenvalue weighted by Gasteiger charge is 2.11. The first-order chi connectivity index (χ1) is 10.6. The molecule has 2 rings (SSSR count). The maximum Gasteiger partial charge on any atom is 0.254 e. The Balaban J connectivity index is 1.98. The topological polar surface area (TPSA) is 54.5 Å². The van der Waals surface area contributed by atoms with Gasteiger partial charge < -0.3 is 15.0 Å². The van der Waals surface area contributed by atoms with Gasteiger partial charge in [-0.05, 0) is 17.7 Å². The van der Waals surface area contributed by atoms with E-state index in [2.05, 4.69) is 10.3 Å². The molecule has 0 spiro atoms. The predicted octanol–water partition coefficient (Wildman–Crippen LogP) is 2.58. The van der Waals surface area contributed by atoms with Crippen molar-refractivity contribution >= 4 is 11.7 Å². The number of carbonyl (C=O) groups is 1. The van der Waals surface area contributed by atoms with Crippen LogP contribution in [0.2, 0.25) is 0 Å². The van der Waals surface area contributed by atoms with Gasteiger partial charge in [-0.25, -0.2) is 4.98 Å². The monoisotopic (exact) mass is 299 g/mol. The largest absolute Gasteiger partial charge is 0.375 e. The highest BCUT2D eigenvalue weighted by atomic mass is 16.5. The molecule has 0 aliphatic carbocycles. The Bertz CT molecular complexity index is 597. The van der Waals surface area contributed by atoms with Crippen molar-refractivity contribution in [3.05, 3.63) is 59.8 Å². The molecule has 0 saturated carbocycles. The number of methoxy groups -OCH3 is 1. The minimum Gasteiger partial charge on any atom is -0.375 e. The van der Waals surface area contributed by atoms with Crippen LogP contribution in [0, 0.1) is 0 Å². The summed E-state index contributed by atoms with van der Waals surface area (Å²) in [6.45, 7) is 0.606. The van der Waals surface area contributed by atoms with E-state index in [1.807, 2.05) is 30.3 Å². The van der Waals surface area contributed by atoms with E-state index in [9.17, 15) is 4.79 Å². The lowest BCUT2D eigenvalue weighted by molar-refractivity contribution is 0.0827. The average Bonchev–Trinajstić information content (AvgIpc) is 2.56. The van der Waals surface area contributed by atoms with Crippen LogP contribution in [0.25, 0.3) is 0 Å². The summed E-state index contributed by atoms with van der Waals surface area (Å²) in [4.78, 5) is 17.6. The van der Waals surface area contributed by atoms with E-state index >= 15 is 0 Å². The van der Waals surface area contributed by atoms with Gasteiger partial charge in [0, 0.05) is 33.9 Å². The van der Waals surface area contributed by atoms with Gasteiger partial charge in [-0.1, -0.05) is 30.3 Å². The first-order valence-electron chi connectivity index (χ1n) is 7.11. The molecule has 1 atom stereocenters. The number of aromatic nitrogens is 1. The van der Waals surface area contributed by atoms with E-state index in [1.54, 1.807) is 39.5 Å². The summed E-state index contributed by atoms with van der Waals surface area (Å²) in [6.07, 6.45) is 1.53. The molecule has 0 saturated heterocycles. The van der Waals surface area contributed by atoms with Crippen molar-refractivity contribution in [2.45, 2.75) is 6.10 Å². The van der Waals surface area contributed by atoms with Crippen LogP contribution in [-0.4, -0.2) is 43.5 Å². The number of pyridine rings is 1. The molecule has 0 aliphatic heterocycles. The zero-order valence-electron chi connectivity index (χ0n) is 13.1. The van der Waals surface area contributed by atoms with E-state index in [1.165, 1.54) is 4.90 Å². The smallest absolute Gasteiger partial charge is 0.254 e. The molecule has 0 fully saturated rings. The standard InChI is InChI=1S/C17H21N3O2/c1-20(2)17(21)14-9-10-16(18-11-14)19-12-15(22-3)13-7-5-4-6-8-13/h4-11,15H,12H2,1-3H3,(H,18,19)/t15-/m1/s1. The van der Waals surface area contributed by atoms with Crippen LogP contribution in [0.15, 0.2) is 48.7 Å². The molecule has 0 radical (unpaired) electrons. The fraction of sp³-hybridized carbons (Fsp3) is 0.294. The molecule has 2 aromatic rings. The number of hydrogen-bond acceptors (Lipinski definition) is 4. The quantitative estimate of drug-likeness (QED) is 0.891. The summed E-state index contributed by atoms with van der Waals surface area (Å²) in [6, 6.07) is 13.6. The van der Waals surface area contributed by atoms with E-state index in [0.717, 1.165) is 5.56 Å². The van der Waals surface area contributed by atoms with E-state index in [0.29, 0.717) is 17.9 Å². The first-order valence-corrected chi connectivity index (χ1v) is 7.11. The summed E-state index contributed by atoms with van der Waals surface area (Å²) >= 11 is 0.